The normalized spacial score (nSPS) is 28.3. The standard InChI is InChI=1S/C9H14IN3/c10-13-5-3-12(4-6-13)8-9(7-11)1-2-9/h1-6,8H2. The quantitative estimate of drug-likeness (QED) is 0.567. The van der Waals surface area contributed by atoms with Gasteiger partial charge < -0.3 is 0 Å². The van der Waals surface area contributed by atoms with Crippen molar-refractivity contribution in [1.29, 1.82) is 5.26 Å². The number of piperazine rings is 1. The Kier molecular flexibility index (Phi) is 2.77. The van der Waals surface area contributed by atoms with Gasteiger partial charge in [0.1, 0.15) is 0 Å². The molecule has 0 unspecified atom stereocenters. The van der Waals surface area contributed by atoms with Gasteiger partial charge in [-0.05, 0) is 12.8 Å². The lowest BCUT2D eigenvalue weighted by atomic mass is 10.1. The van der Waals surface area contributed by atoms with E-state index in [0.29, 0.717) is 0 Å². The maximum absolute atomic E-state index is 8.95. The van der Waals surface area contributed by atoms with E-state index in [9.17, 15) is 0 Å². The van der Waals surface area contributed by atoms with Crippen molar-refractivity contribution in [3.05, 3.63) is 0 Å². The van der Waals surface area contributed by atoms with Crippen molar-refractivity contribution in [3.63, 3.8) is 0 Å². The Hall–Kier alpha value is 0.140. The summed E-state index contributed by atoms with van der Waals surface area (Å²) in [6.45, 7) is 5.55. The van der Waals surface area contributed by atoms with Gasteiger partial charge >= 0.3 is 0 Å². The van der Waals surface area contributed by atoms with Crippen LogP contribution in [0.1, 0.15) is 12.8 Å². The molecule has 1 aliphatic carbocycles. The number of nitriles is 1. The van der Waals surface area contributed by atoms with Gasteiger partial charge in [0.15, 0.2) is 0 Å². The Morgan fingerprint density at radius 1 is 1.23 bits per heavy atom. The van der Waals surface area contributed by atoms with Crippen LogP contribution in [-0.4, -0.2) is 40.7 Å². The van der Waals surface area contributed by atoms with E-state index in [2.05, 4.69) is 36.9 Å². The van der Waals surface area contributed by atoms with Crippen molar-refractivity contribution in [3.8, 4) is 6.07 Å². The Morgan fingerprint density at radius 2 is 1.85 bits per heavy atom. The maximum Gasteiger partial charge on any atom is 0.0703 e. The highest BCUT2D eigenvalue weighted by Crippen LogP contribution is 2.45. The molecule has 13 heavy (non-hydrogen) atoms. The van der Waals surface area contributed by atoms with E-state index in [0.717, 1.165) is 45.6 Å². The summed E-state index contributed by atoms with van der Waals surface area (Å²) in [5.74, 6) is 0. The zero-order chi connectivity index (χ0) is 9.31. The fourth-order valence-corrected chi connectivity index (χ4v) is 2.20. The Bertz CT molecular complexity index is 224. The predicted octanol–water partition coefficient (Wildman–Crippen LogP) is 1.26. The average molecular weight is 291 g/mol. The number of halogens is 1. The smallest absolute Gasteiger partial charge is 0.0703 e. The summed E-state index contributed by atoms with van der Waals surface area (Å²) in [6, 6.07) is 2.45. The van der Waals surface area contributed by atoms with Crippen LogP contribution in [0.25, 0.3) is 0 Å². The van der Waals surface area contributed by atoms with Crippen LogP contribution in [0.3, 0.4) is 0 Å². The maximum atomic E-state index is 8.95. The average Bonchev–Trinajstić information content (AvgIpc) is 2.90. The molecular formula is C9H14IN3. The first-order valence-corrected chi connectivity index (χ1v) is 5.75. The van der Waals surface area contributed by atoms with Gasteiger partial charge in [-0.2, -0.15) is 5.26 Å². The third-order valence-corrected chi connectivity index (χ3v) is 3.90. The van der Waals surface area contributed by atoms with Crippen LogP contribution in [0.2, 0.25) is 0 Å². The summed E-state index contributed by atoms with van der Waals surface area (Å²) >= 11 is 2.37. The summed E-state index contributed by atoms with van der Waals surface area (Å²) in [4.78, 5) is 2.44. The van der Waals surface area contributed by atoms with Crippen molar-refractivity contribution >= 4 is 22.9 Å². The van der Waals surface area contributed by atoms with Crippen molar-refractivity contribution in [2.45, 2.75) is 12.8 Å². The Morgan fingerprint density at radius 3 is 2.31 bits per heavy atom. The molecule has 1 saturated heterocycles. The van der Waals surface area contributed by atoms with Crippen LogP contribution in [0, 0.1) is 16.7 Å². The summed E-state index contributed by atoms with van der Waals surface area (Å²) in [5, 5.41) is 8.95. The summed E-state index contributed by atoms with van der Waals surface area (Å²) in [5.41, 5.74) is 0.0491. The molecule has 0 spiro atoms. The first kappa shape index (κ1) is 9.69. The molecule has 2 rings (SSSR count). The molecule has 3 nitrogen and oxygen atoms in total. The van der Waals surface area contributed by atoms with Gasteiger partial charge in [0.2, 0.25) is 0 Å². The lowest BCUT2D eigenvalue weighted by Gasteiger charge is -2.32. The summed E-state index contributed by atoms with van der Waals surface area (Å²) < 4.78 is 2.32. The van der Waals surface area contributed by atoms with Gasteiger partial charge in [-0.25, -0.2) is 3.11 Å². The molecule has 1 saturated carbocycles. The Labute approximate surface area is 93.2 Å². The minimum atomic E-state index is 0.0491. The minimum Gasteiger partial charge on any atom is -0.299 e. The molecule has 0 aromatic heterocycles. The number of nitrogens with zero attached hydrogens (tertiary/aromatic N) is 3. The van der Waals surface area contributed by atoms with Gasteiger partial charge in [0, 0.05) is 55.6 Å². The topological polar surface area (TPSA) is 30.3 Å². The third kappa shape index (κ3) is 2.33. The van der Waals surface area contributed by atoms with Crippen LogP contribution >= 0.6 is 22.9 Å². The lowest BCUT2D eigenvalue weighted by molar-refractivity contribution is 0.185. The molecule has 1 aliphatic heterocycles. The van der Waals surface area contributed by atoms with Gasteiger partial charge in [0.25, 0.3) is 0 Å². The van der Waals surface area contributed by atoms with Gasteiger partial charge in [0.05, 0.1) is 11.5 Å². The molecule has 2 aliphatic rings. The van der Waals surface area contributed by atoms with Crippen molar-refractivity contribution in [2.75, 3.05) is 32.7 Å². The van der Waals surface area contributed by atoms with Crippen molar-refractivity contribution < 1.29 is 0 Å². The third-order valence-electron chi connectivity index (χ3n) is 2.93. The molecule has 0 aromatic rings. The van der Waals surface area contributed by atoms with Crippen molar-refractivity contribution in [2.24, 2.45) is 5.41 Å². The second-order valence-electron chi connectivity index (χ2n) is 4.08. The molecule has 4 heteroatoms. The first-order chi connectivity index (χ1) is 6.24. The second-order valence-corrected chi connectivity index (χ2v) is 5.44. The fraction of sp³-hybridized carbons (Fsp3) is 0.889. The van der Waals surface area contributed by atoms with Crippen LogP contribution < -0.4 is 0 Å². The molecule has 72 valence electrons. The molecule has 1 heterocycles. The van der Waals surface area contributed by atoms with E-state index >= 15 is 0 Å². The number of hydrogen-bond acceptors (Lipinski definition) is 3. The van der Waals surface area contributed by atoms with Gasteiger partial charge in [-0.15, -0.1) is 0 Å². The molecule has 0 N–H and O–H groups in total. The lowest BCUT2D eigenvalue weighted by Crippen LogP contribution is -2.44. The number of hydrogen-bond donors (Lipinski definition) is 0. The highest BCUT2D eigenvalue weighted by molar-refractivity contribution is 14.1. The molecule has 0 amide bonds. The summed E-state index contributed by atoms with van der Waals surface area (Å²) in [7, 11) is 0. The highest BCUT2D eigenvalue weighted by Gasteiger charge is 2.44. The first-order valence-electron chi connectivity index (χ1n) is 4.78. The highest BCUT2D eigenvalue weighted by atomic mass is 127. The minimum absolute atomic E-state index is 0.0491. The van der Waals surface area contributed by atoms with E-state index in [4.69, 9.17) is 5.26 Å². The van der Waals surface area contributed by atoms with E-state index in [1.165, 1.54) is 0 Å². The Balaban J connectivity index is 1.80. The van der Waals surface area contributed by atoms with Crippen molar-refractivity contribution in [1.82, 2.24) is 8.01 Å². The fourth-order valence-electron chi connectivity index (χ4n) is 1.77. The molecular weight excluding hydrogens is 277 g/mol. The molecule has 0 atom stereocenters. The predicted molar refractivity (Wildman–Crippen MR) is 59.3 cm³/mol. The molecule has 0 radical (unpaired) electrons. The molecule has 2 fully saturated rings. The van der Waals surface area contributed by atoms with E-state index in [1.54, 1.807) is 0 Å². The van der Waals surface area contributed by atoms with Crippen LogP contribution in [0.4, 0.5) is 0 Å². The van der Waals surface area contributed by atoms with E-state index < -0.39 is 0 Å². The van der Waals surface area contributed by atoms with Crippen LogP contribution in [-0.2, 0) is 0 Å². The van der Waals surface area contributed by atoms with E-state index in [-0.39, 0.29) is 5.41 Å². The second kappa shape index (κ2) is 3.71. The van der Waals surface area contributed by atoms with Gasteiger partial charge in [-0.1, -0.05) is 0 Å². The zero-order valence-corrected chi connectivity index (χ0v) is 9.83. The largest absolute Gasteiger partial charge is 0.299 e. The molecule has 0 aromatic carbocycles. The SMILES string of the molecule is N#CC1(CN2CCN(I)CC2)CC1. The van der Waals surface area contributed by atoms with E-state index in [1.807, 2.05) is 0 Å². The zero-order valence-electron chi connectivity index (χ0n) is 7.67. The number of rotatable bonds is 2. The van der Waals surface area contributed by atoms with Crippen LogP contribution in [0.15, 0.2) is 0 Å². The van der Waals surface area contributed by atoms with Gasteiger partial charge in [-0.3, -0.25) is 4.90 Å². The molecule has 0 bridgehead atoms. The van der Waals surface area contributed by atoms with Crippen LogP contribution in [0.5, 0.6) is 0 Å². The monoisotopic (exact) mass is 291 g/mol. The summed E-state index contributed by atoms with van der Waals surface area (Å²) in [6.07, 6.45) is 2.24.